The number of nitrogens with one attached hydrogen (secondary N) is 1. The van der Waals surface area contributed by atoms with Crippen LogP contribution in [0.2, 0.25) is 0 Å². The van der Waals surface area contributed by atoms with E-state index in [9.17, 15) is 14.0 Å². The first-order valence-electron chi connectivity index (χ1n) is 9.12. The molecule has 5 aromatic rings. The van der Waals surface area contributed by atoms with Gasteiger partial charge in [0.05, 0.1) is 23.6 Å². The van der Waals surface area contributed by atoms with E-state index in [0.717, 1.165) is 0 Å². The molecule has 3 aromatic carbocycles. The van der Waals surface area contributed by atoms with Gasteiger partial charge in [0.15, 0.2) is 0 Å². The number of benzene rings is 3. The number of nitrogen functional groups attached to an aromatic ring is 1. The number of halogens is 1. The lowest BCUT2D eigenvalue weighted by Crippen LogP contribution is -2.05. The number of methoxy groups -OCH3 is 1. The van der Waals surface area contributed by atoms with Gasteiger partial charge in [-0.25, -0.2) is 9.18 Å². The molecule has 2 aromatic heterocycles. The molecule has 0 aliphatic heterocycles. The molecule has 3 N–H and O–H groups in total. The van der Waals surface area contributed by atoms with Crippen LogP contribution < -0.4 is 11.3 Å². The average Bonchev–Trinajstić information content (AvgIpc) is 3.11. The summed E-state index contributed by atoms with van der Waals surface area (Å²) in [6, 6.07) is 14.4. The molecule has 0 saturated heterocycles. The SMILES string of the molecule is COC(=O)c1cccc(-c2cc3c(cc2N)oc2c4ccc(F)cc4[nH]c(=O)c32)c1. The van der Waals surface area contributed by atoms with Gasteiger partial charge in [-0.3, -0.25) is 4.79 Å². The number of ether oxygens (including phenoxy) is 1. The highest BCUT2D eigenvalue weighted by molar-refractivity contribution is 6.15. The number of esters is 1. The number of hydrogen-bond acceptors (Lipinski definition) is 5. The number of fused-ring (bicyclic) bond motifs is 5. The molecule has 0 amide bonds. The van der Waals surface area contributed by atoms with Crippen LogP contribution in [0.3, 0.4) is 0 Å². The Kier molecular flexibility index (Phi) is 3.86. The van der Waals surface area contributed by atoms with Crippen molar-refractivity contribution in [1.82, 2.24) is 4.98 Å². The van der Waals surface area contributed by atoms with E-state index in [1.54, 1.807) is 36.4 Å². The Morgan fingerprint density at radius 1 is 1.10 bits per heavy atom. The minimum Gasteiger partial charge on any atom is -0.465 e. The predicted octanol–water partition coefficient (Wildman–Crippen LogP) is 4.60. The maximum Gasteiger partial charge on any atom is 0.337 e. The summed E-state index contributed by atoms with van der Waals surface area (Å²) in [5.41, 5.74) is 9.19. The molecular formula is C23H15FN2O4. The second kappa shape index (κ2) is 6.45. The van der Waals surface area contributed by atoms with E-state index in [1.165, 1.54) is 19.2 Å². The number of rotatable bonds is 2. The van der Waals surface area contributed by atoms with Crippen LogP contribution in [0.4, 0.5) is 10.1 Å². The standard InChI is InChI=1S/C23H15FN2O4/c1-29-23(28)12-4-2-3-11(7-12)15-9-16-19(10-17(15)25)30-21-14-6-5-13(24)8-18(14)26-22(27)20(16)21/h2-10H,25H2,1H3,(H,26,27). The number of carbonyl (C=O) groups excluding carboxylic acids is 1. The number of aromatic amines is 1. The van der Waals surface area contributed by atoms with Crippen LogP contribution in [-0.2, 0) is 4.74 Å². The predicted molar refractivity (Wildman–Crippen MR) is 113 cm³/mol. The normalized spacial score (nSPS) is 11.4. The Morgan fingerprint density at radius 3 is 2.73 bits per heavy atom. The first-order chi connectivity index (χ1) is 14.5. The van der Waals surface area contributed by atoms with Gasteiger partial charge in [0.1, 0.15) is 17.0 Å². The minimum absolute atomic E-state index is 0.352. The number of aromatic nitrogens is 1. The van der Waals surface area contributed by atoms with Gasteiger partial charge in [-0.1, -0.05) is 12.1 Å². The summed E-state index contributed by atoms with van der Waals surface area (Å²) < 4.78 is 24.3. The summed E-state index contributed by atoms with van der Waals surface area (Å²) in [4.78, 5) is 27.4. The first-order valence-corrected chi connectivity index (χ1v) is 9.12. The van der Waals surface area contributed by atoms with Crippen LogP contribution in [0.1, 0.15) is 10.4 Å². The molecule has 0 atom stereocenters. The second-order valence-electron chi connectivity index (χ2n) is 6.96. The third kappa shape index (κ3) is 2.63. The number of pyridine rings is 1. The first kappa shape index (κ1) is 17.9. The summed E-state index contributed by atoms with van der Waals surface area (Å²) in [7, 11) is 1.31. The van der Waals surface area contributed by atoms with E-state index in [1.807, 2.05) is 6.07 Å². The fourth-order valence-electron chi connectivity index (χ4n) is 3.76. The molecule has 0 radical (unpaired) electrons. The lowest BCUT2D eigenvalue weighted by atomic mass is 9.99. The minimum atomic E-state index is -0.458. The molecule has 5 rings (SSSR count). The molecule has 0 spiro atoms. The molecule has 148 valence electrons. The molecule has 6 nitrogen and oxygen atoms in total. The topological polar surface area (TPSA) is 98.3 Å². The van der Waals surface area contributed by atoms with Crippen molar-refractivity contribution in [2.45, 2.75) is 0 Å². The van der Waals surface area contributed by atoms with Gasteiger partial charge in [-0.05, 0) is 42.0 Å². The number of carbonyl (C=O) groups is 1. The Morgan fingerprint density at radius 2 is 1.93 bits per heavy atom. The third-order valence-electron chi connectivity index (χ3n) is 5.16. The van der Waals surface area contributed by atoms with E-state index < -0.39 is 11.8 Å². The summed E-state index contributed by atoms with van der Waals surface area (Å²) in [6.45, 7) is 0. The average molecular weight is 402 g/mol. The van der Waals surface area contributed by atoms with E-state index in [-0.39, 0.29) is 5.56 Å². The lowest BCUT2D eigenvalue weighted by molar-refractivity contribution is 0.0601. The highest BCUT2D eigenvalue weighted by atomic mass is 19.1. The van der Waals surface area contributed by atoms with Crippen LogP contribution in [-0.4, -0.2) is 18.1 Å². The van der Waals surface area contributed by atoms with E-state index in [0.29, 0.717) is 55.2 Å². The highest BCUT2D eigenvalue weighted by Gasteiger charge is 2.18. The van der Waals surface area contributed by atoms with Crippen molar-refractivity contribution >= 4 is 44.5 Å². The molecule has 30 heavy (non-hydrogen) atoms. The van der Waals surface area contributed by atoms with Crippen molar-refractivity contribution in [3.8, 4) is 11.1 Å². The molecule has 0 aliphatic carbocycles. The fraction of sp³-hybridized carbons (Fsp3) is 0.0435. The maximum atomic E-state index is 13.6. The zero-order chi connectivity index (χ0) is 21.0. The highest BCUT2D eigenvalue weighted by Crippen LogP contribution is 2.37. The Hall–Kier alpha value is -4.13. The summed E-state index contributed by atoms with van der Waals surface area (Å²) in [5.74, 6) is -0.911. The van der Waals surface area contributed by atoms with Crippen molar-refractivity contribution in [3.05, 3.63) is 76.3 Å². The monoisotopic (exact) mass is 402 g/mol. The fourth-order valence-corrected chi connectivity index (χ4v) is 3.76. The van der Waals surface area contributed by atoms with Crippen LogP contribution in [0, 0.1) is 5.82 Å². The number of anilines is 1. The molecule has 0 fully saturated rings. The van der Waals surface area contributed by atoms with Crippen molar-refractivity contribution in [1.29, 1.82) is 0 Å². The lowest BCUT2D eigenvalue weighted by Gasteiger charge is -2.08. The van der Waals surface area contributed by atoms with E-state index >= 15 is 0 Å². The van der Waals surface area contributed by atoms with Gasteiger partial charge in [0.25, 0.3) is 5.56 Å². The van der Waals surface area contributed by atoms with E-state index in [4.69, 9.17) is 14.9 Å². The molecule has 0 unspecified atom stereocenters. The summed E-state index contributed by atoms with van der Waals surface area (Å²) in [6.07, 6.45) is 0. The number of hydrogen-bond donors (Lipinski definition) is 2. The van der Waals surface area contributed by atoms with Crippen molar-refractivity contribution in [2.24, 2.45) is 0 Å². The van der Waals surface area contributed by atoms with Crippen LogP contribution in [0.5, 0.6) is 0 Å². The molecule has 2 heterocycles. The summed E-state index contributed by atoms with van der Waals surface area (Å²) in [5, 5.41) is 1.52. The molecule has 0 bridgehead atoms. The maximum absolute atomic E-state index is 13.6. The zero-order valence-corrected chi connectivity index (χ0v) is 15.8. The van der Waals surface area contributed by atoms with Crippen LogP contribution in [0.25, 0.3) is 44.0 Å². The number of nitrogens with two attached hydrogens (primary N) is 1. The largest absolute Gasteiger partial charge is 0.465 e. The van der Waals surface area contributed by atoms with E-state index in [2.05, 4.69) is 4.98 Å². The smallest absolute Gasteiger partial charge is 0.337 e. The Bertz CT molecular complexity index is 1550. The number of furan rings is 1. The van der Waals surface area contributed by atoms with Gasteiger partial charge < -0.3 is 19.9 Å². The third-order valence-corrected chi connectivity index (χ3v) is 5.16. The van der Waals surface area contributed by atoms with Crippen LogP contribution in [0.15, 0.2) is 63.8 Å². The van der Waals surface area contributed by atoms with Crippen LogP contribution >= 0.6 is 0 Å². The van der Waals surface area contributed by atoms with Gasteiger partial charge in [0, 0.05) is 28.1 Å². The van der Waals surface area contributed by atoms with Gasteiger partial charge in [0.2, 0.25) is 0 Å². The van der Waals surface area contributed by atoms with Gasteiger partial charge in [-0.2, -0.15) is 0 Å². The summed E-state index contributed by atoms with van der Waals surface area (Å²) >= 11 is 0. The molecule has 0 saturated carbocycles. The van der Waals surface area contributed by atoms with Crippen molar-refractivity contribution in [2.75, 3.05) is 12.8 Å². The van der Waals surface area contributed by atoms with Crippen molar-refractivity contribution < 1.29 is 18.3 Å². The molecular weight excluding hydrogens is 387 g/mol. The molecule has 0 aliphatic rings. The second-order valence-corrected chi connectivity index (χ2v) is 6.96. The quantitative estimate of drug-likeness (QED) is 0.332. The zero-order valence-electron chi connectivity index (χ0n) is 15.8. The Balaban J connectivity index is 1.82. The molecule has 7 heteroatoms. The Labute approximate surface area is 168 Å². The van der Waals surface area contributed by atoms with Gasteiger partial charge in [-0.15, -0.1) is 0 Å². The van der Waals surface area contributed by atoms with Gasteiger partial charge >= 0.3 is 5.97 Å². The number of H-pyrrole nitrogens is 1. The van der Waals surface area contributed by atoms with Crippen molar-refractivity contribution in [3.63, 3.8) is 0 Å².